The summed E-state index contributed by atoms with van der Waals surface area (Å²) in [5.74, 6) is 0.677. The van der Waals surface area contributed by atoms with Crippen molar-refractivity contribution < 1.29 is 17.3 Å². The van der Waals surface area contributed by atoms with Crippen LogP contribution in [0.2, 0.25) is 0 Å². The number of hydrogen-bond donors (Lipinski definition) is 1. The van der Waals surface area contributed by atoms with Crippen molar-refractivity contribution in [1.82, 2.24) is 4.72 Å². The maximum absolute atomic E-state index is 11.7. The number of methoxy groups -OCH3 is 1. The number of ether oxygens (including phenoxy) is 1. The van der Waals surface area contributed by atoms with Crippen LogP contribution < -0.4 is 9.46 Å². The van der Waals surface area contributed by atoms with E-state index in [9.17, 15) is 8.42 Å². The van der Waals surface area contributed by atoms with Crippen molar-refractivity contribution in [3.63, 3.8) is 0 Å². The fraction of sp³-hybridized carbons (Fsp3) is 0.455. The Bertz CT molecular complexity index is 528. The zero-order valence-electron chi connectivity index (χ0n) is 10.8. The largest absolute Gasteiger partial charge is 0.497 e. The third kappa shape index (κ3) is 6.47. The fourth-order valence-corrected chi connectivity index (χ4v) is 2.68. The number of halogens is 3. The maximum Gasteiger partial charge on any atom is 0.336 e. The van der Waals surface area contributed by atoms with E-state index < -0.39 is 26.7 Å². The lowest BCUT2D eigenvalue weighted by atomic mass is 10.1. The Morgan fingerprint density at radius 1 is 1.25 bits per heavy atom. The molecule has 0 amide bonds. The third-order valence-electron chi connectivity index (χ3n) is 2.31. The molecule has 1 unspecified atom stereocenters. The number of hydrogen-bond acceptors (Lipinski definition) is 4. The van der Waals surface area contributed by atoms with Gasteiger partial charge in [0.25, 0.3) is 0 Å². The second kappa shape index (κ2) is 7.15. The molecule has 0 saturated heterocycles. The number of alkyl halides is 3. The first-order chi connectivity index (χ1) is 9.13. The minimum atomic E-state index is -4.01. The highest BCUT2D eigenvalue weighted by molar-refractivity contribution is 7.84. The summed E-state index contributed by atoms with van der Waals surface area (Å²) in [7, 11) is -2.47. The highest BCUT2D eigenvalue weighted by atomic mass is 35.6. The molecule has 0 radical (unpaired) electrons. The molecule has 1 N–H and O–H groups in total. The number of benzene rings is 1. The molecule has 0 aliphatic heterocycles. The summed E-state index contributed by atoms with van der Waals surface area (Å²) < 4.78 is 33.4. The smallest absolute Gasteiger partial charge is 0.336 e. The van der Waals surface area contributed by atoms with Crippen molar-refractivity contribution in [1.29, 1.82) is 0 Å². The van der Waals surface area contributed by atoms with Crippen LogP contribution in [0.5, 0.6) is 5.75 Å². The lowest BCUT2D eigenvalue weighted by Gasteiger charge is -2.16. The Hall–Kier alpha value is -0.240. The molecule has 1 aromatic carbocycles. The first-order valence-corrected chi connectivity index (χ1v) is 8.04. The van der Waals surface area contributed by atoms with Gasteiger partial charge in [0.2, 0.25) is 3.79 Å². The van der Waals surface area contributed by atoms with E-state index in [4.69, 9.17) is 39.5 Å². The summed E-state index contributed by atoms with van der Waals surface area (Å²) >= 11 is 16.3. The number of rotatable bonds is 6. The standard InChI is InChI=1S/C11H14Cl3NO4S/c1-8(9-3-5-10(18-2)6-4-9)15-20(16,17)19-7-11(12,13)14/h3-6,8,15H,7H2,1-2H3. The maximum atomic E-state index is 11.7. The van der Waals surface area contributed by atoms with Crippen LogP contribution in [-0.4, -0.2) is 25.9 Å². The zero-order valence-corrected chi connectivity index (χ0v) is 13.9. The van der Waals surface area contributed by atoms with Gasteiger partial charge in [0.05, 0.1) is 7.11 Å². The Balaban J connectivity index is 2.66. The molecule has 0 fully saturated rings. The van der Waals surface area contributed by atoms with E-state index in [0.29, 0.717) is 5.75 Å². The van der Waals surface area contributed by atoms with E-state index in [0.717, 1.165) is 5.56 Å². The van der Waals surface area contributed by atoms with Gasteiger partial charge in [0.15, 0.2) is 0 Å². The average Bonchev–Trinajstić information content (AvgIpc) is 2.35. The Labute approximate surface area is 133 Å². The van der Waals surface area contributed by atoms with Crippen molar-refractivity contribution in [2.24, 2.45) is 0 Å². The summed E-state index contributed by atoms with van der Waals surface area (Å²) in [6.45, 7) is 1.10. The molecule has 0 aliphatic rings. The fourth-order valence-electron chi connectivity index (χ4n) is 1.36. The second-order valence-electron chi connectivity index (χ2n) is 3.94. The van der Waals surface area contributed by atoms with Crippen LogP contribution in [0.3, 0.4) is 0 Å². The Morgan fingerprint density at radius 2 is 1.80 bits per heavy atom. The van der Waals surface area contributed by atoms with Gasteiger partial charge >= 0.3 is 10.3 Å². The predicted octanol–water partition coefficient (Wildman–Crippen LogP) is 2.98. The van der Waals surface area contributed by atoms with Crippen LogP contribution in [0.4, 0.5) is 0 Å². The molecule has 114 valence electrons. The van der Waals surface area contributed by atoms with Gasteiger partial charge < -0.3 is 4.74 Å². The predicted molar refractivity (Wildman–Crippen MR) is 79.7 cm³/mol. The molecule has 1 rings (SSSR count). The van der Waals surface area contributed by atoms with Crippen molar-refractivity contribution in [2.45, 2.75) is 16.8 Å². The molecule has 9 heteroatoms. The van der Waals surface area contributed by atoms with Gasteiger partial charge in [0, 0.05) is 6.04 Å². The van der Waals surface area contributed by atoms with E-state index in [1.807, 2.05) is 0 Å². The quantitative estimate of drug-likeness (QED) is 0.790. The summed E-state index contributed by atoms with van der Waals surface area (Å²) in [5.41, 5.74) is 0.742. The van der Waals surface area contributed by atoms with E-state index in [1.165, 1.54) is 0 Å². The molecule has 1 atom stereocenters. The van der Waals surface area contributed by atoms with E-state index in [-0.39, 0.29) is 0 Å². The minimum Gasteiger partial charge on any atom is -0.497 e. The molecule has 1 aromatic rings. The van der Waals surface area contributed by atoms with Crippen LogP contribution in [-0.2, 0) is 14.5 Å². The highest BCUT2D eigenvalue weighted by Crippen LogP contribution is 2.26. The summed E-state index contributed by atoms with van der Waals surface area (Å²) in [5, 5.41) is 0. The van der Waals surface area contributed by atoms with E-state index in [2.05, 4.69) is 8.91 Å². The molecule has 0 saturated carbocycles. The lowest BCUT2D eigenvalue weighted by Crippen LogP contribution is -2.31. The van der Waals surface area contributed by atoms with Gasteiger partial charge in [-0.15, -0.1) is 0 Å². The molecular formula is C11H14Cl3NO4S. The molecule has 0 heterocycles. The normalized spacial score (nSPS) is 14.1. The van der Waals surface area contributed by atoms with Crippen LogP contribution in [0, 0.1) is 0 Å². The molecule has 0 bridgehead atoms. The van der Waals surface area contributed by atoms with Gasteiger partial charge in [-0.2, -0.15) is 13.1 Å². The monoisotopic (exact) mass is 361 g/mol. The van der Waals surface area contributed by atoms with Crippen molar-refractivity contribution in [2.75, 3.05) is 13.7 Å². The lowest BCUT2D eigenvalue weighted by molar-refractivity contribution is 0.314. The summed E-state index contributed by atoms with van der Waals surface area (Å²) in [4.78, 5) is 0. The van der Waals surface area contributed by atoms with Crippen LogP contribution in [0.1, 0.15) is 18.5 Å². The molecule has 0 spiro atoms. The van der Waals surface area contributed by atoms with Crippen molar-refractivity contribution in [3.05, 3.63) is 29.8 Å². The first-order valence-electron chi connectivity index (χ1n) is 5.50. The highest BCUT2D eigenvalue weighted by Gasteiger charge is 2.25. The molecule has 5 nitrogen and oxygen atoms in total. The Kier molecular flexibility index (Phi) is 6.37. The summed E-state index contributed by atoms with van der Waals surface area (Å²) in [6, 6.07) is 6.42. The number of nitrogens with one attached hydrogen (secondary N) is 1. The summed E-state index contributed by atoms with van der Waals surface area (Å²) in [6.07, 6.45) is 0. The average molecular weight is 363 g/mol. The second-order valence-corrected chi connectivity index (χ2v) is 7.84. The van der Waals surface area contributed by atoms with Crippen LogP contribution >= 0.6 is 34.8 Å². The van der Waals surface area contributed by atoms with Crippen LogP contribution in [0.15, 0.2) is 24.3 Å². The van der Waals surface area contributed by atoms with Gasteiger partial charge in [-0.25, -0.2) is 0 Å². The van der Waals surface area contributed by atoms with Gasteiger partial charge in [-0.1, -0.05) is 46.9 Å². The zero-order chi connectivity index (χ0) is 15.4. The molecular weight excluding hydrogens is 349 g/mol. The van der Waals surface area contributed by atoms with Crippen molar-refractivity contribution in [3.8, 4) is 5.75 Å². The van der Waals surface area contributed by atoms with Gasteiger partial charge in [-0.05, 0) is 24.6 Å². The van der Waals surface area contributed by atoms with Crippen molar-refractivity contribution >= 4 is 45.1 Å². The molecule has 20 heavy (non-hydrogen) atoms. The van der Waals surface area contributed by atoms with E-state index >= 15 is 0 Å². The van der Waals surface area contributed by atoms with Gasteiger partial charge in [0.1, 0.15) is 12.4 Å². The Morgan fingerprint density at radius 3 is 2.25 bits per heavy atom. The topological polar surface area (TPSA) is 64.6 Å². The van der Waals surface area contributed by atoms with Crippen LogP contribution in [0.25, 0.3) is 0 Å². The minimum absolute atomic E-state index is 0.499. The third-order valence-corrected chi connectivity index (χ3v) is 3.71. The van der Waals surface area contributed by atoms with Gasteiger partial charge in [-0.3, -0.25) is 4.18 Å². The van der Waals surface area contributed by atoms with E-state index in [1.54, 1.807) is 38.3 Å². The SMILES string of the molecule is COc1ccc(C(C)NS(=O)(=O)OCC(Cl)(Cl)Cl)cc1. The molecule has 0 aliphatic carbocycles. The molecule has 0 aromatic heterocycles. The first kappa shape index (κ1) is 17.8.